The Morgan fingerprint density at radius 2 is 2.00 bits per heavy atom. The number of aliphatic hydroxyl groups is 1. The van der Waals surface area contributed by atoms with Crippen LogP contribution >= 0.6 is 0 Å². The molecule has 1 aromatic heterocycles. The zero-order chi connectivity index (χ0) is 16.8. The van der Waals surface area contributed by atoms with Crippen LogP contribution in [-0.4, -0.2) is 22.0 Å². The van der Waals surface area contributed by atoms with Crippen molar-refractivity contribution >= 4 is 12.0 Å². The SMILES string of the molecule is Cc1cncc(/C=C/C(=O)NC(C)C(O)c2ccc(F)cc2)c1. The molecule has 0 radical (unpaired) electrons. The molecule has 0 spiro atoms. The van der Waals surface area contributed by atoms with Gasteiger partial charge in [-0.25, -0.2) is 4.39 Å². The largest absolute Gasteiger partial charge is 0.386 e. The smallest absolute Gasteiger partial charge is 0.244 e. The van der Waals surface area contributed by atoms with E-state index in [1.165, 1.54) is 30.3 Å². The van der Waals surface area contributed by atoms with Gasteiger partial charge in [-0.3, -0.25) is 9.78 Å². The lowest BCUT2D eigenvalue weighted by Gasteiger charge is -2.19. The molecule has 0 aliphatic rings. The summed E-state index contributed by atoms with van der Waals surface area (Å²) in [4.78, 5) is 16.0. The first-order valence-electron chi connectivity index (χ1n) is 7.29. The molecule has 2 unspecified atom stereocenters. The van der Waals surface area contributed by atoms with E-state index in [-0.39, 0.29) is 11.7 Å². The maximum atomic E-state index is 12.9. The average molecular weight is 314 g/mol. The number of hydrogen-bond acceptors (Lipinski definition) is 3. The van der Waals surface area contributed by atoms with E-state index >= 15 is 0 Å². The number of halogens is 1. The van der Waals surface area contributed by atoms with Crippen LogP contribution in [0.1, 0.15) is 29.7 Å². The molecule has 120 valence electrons. The van der Waals surface area contributed by atoms with Gasteiger partial charge in [-0.05, 0) is 54.8 Å². The first kappa shape index (κ1) is 16.8. The van der Waals surface area contributed by atoms with Gasteiger partial charge in [0, 0.05) is 18.5 Å². The van der Waals surface area contributed by atoms with Crippen LogP contribution in [0.4, 0.5) is 4.39 Å². The molecule has 0 saturated heterocycles. The van der Waals surface area contributed by atoms with E-state index in [0.29, 0.717) is 5.56 Å². The van der Waals surface area contributed by atoms with Gasteiger partial charge in [0.15, 0.2) is 0 Å². The van der Waals surface area contributed by atoms with Crippen LogP contribution in [0.2, 0.25) is 0 Å². The summed E-state index contributed by atoms with van der Waals surface area (Å²) in [6.45, 7) is 3.61. The highest BCUT2D eigenvalue weighted by Crippen LogP contribution is 2.17. The number of amides is 1. The number of hydrogen-bond donors (Lipinski definition) is 2. The van der Waals surface area contributed by atoms with Crippen LogP contribution in [0.5, 0.6) is 0 Å². The van der Waals surface area contributed by atoms with E-state index in [2.05, 4.69) is 10.3 Å². The Hall–Kier alpha value is -2.53. The number of nitrogens with one attached hydrogen (secondary N) is 1. The summed E-state index contributed by atoms with van der Waals surface area (Å²) >= 11 is 0. The number of aliphatic hydroxyl groups excluding tert-OH is 1. The molecule has 0 fully saturated rings. The lowest BCUT2D eigenvalue weighted by atomic mass is 10.0. The fraction of sp³-hybridized carbons (Fsp3) is 0.222. The molecule has 1 amide bonds. The second kappa shape index (κ2) is 7.65. The van der Waals surface area contributed by atoms with Gasteiger partial charge >= 0.3 is 0 Å². The Morgan fingerprint density at radius 1 is 1.30 bits per heavy atom. The summed E-state index contributed by atoms with van der Waals surface area (Å²) < 4.78 is 12.9. The first-order chi connectivity index (χ1) is 11.0. The Labute approximate surface area is 134 Å². The van der Waals surface area contributed by atoms with Gasteiger partial charge < -0.3 is 10.4 Å². The maximum Gasteiger partial charge on any atom is 0.244 e. The Bertz CT molecular complexity index is 698. The summed E-state index contributed by atoms with van der Waals surface area (Å²) in [7, 11) is 0. The minimum absolute atomic E-state index is 0.319. The number of carbonyl (C=O) groups excluding carboxylic acids is 1. The summed E-state index contributed by atoms with van der Waals surface area (Å²) in [6, 6.07) is 6.95. The molecule has 2 N–H and O–H groups in total. The third-order valence-corrected chi connectivity index (χ3v) is 3.38. The van der Waals surface area contributed by atoms with E-state index in [1.54, 1.807) is 25.4 Å². The molecule has 4 nitrogen and oxygen atoms in total. The molecular formula is C18H19FN2O2. The Morgan fingerprint density at radius 3 is 2.65 bits per heavy atom. The van der Waals surface area contributed by atoms with E-state index in [4.69, 9.17) is 0 Å². The summed E-state index contributed by atoms with van der Waals surface area (Å²) in [6.07, 6.45) is 5.54. The van der Waals surface area contributed by atoms with Crippen LogP contribution in [0.15, 0.2) is 48.8 Å². The van der Waals surface area contributed by atoms with Gasteiger partial charge in [-0.1, -0.05) is 12.1 Å². The van der Waals surface area contributed by atoms with E-state index in [1.807, 2.05) is 13.0 Å². The topological polar surface area (TPSA) is 62.2 Å². The molecule has 0 aliphatic carbocycles. The monoisotopic (exact) mass is 314 g/mol. The van der Waals surface area contributed by atoms with E-state index in [9.17, 15) is 14.3 Å². The highest BCUT2D eigenvalue weighted by atomic mass is 19.1. The first-order valence-corrected chi connectivity index (χ1v) is 7.29. The number of benzene rings is 1. The van der Waals surface area contributed by atoms with Crippen LogP contribution in [0, 0.1) is 12.7 Å². The van der Waals surface area contributed by atoms with Gasteiger partial charge in [0.2, 0.25) is 5.91 Å². The number of aromatic nitrogens is 1. The van der Waals surface area contributed by atoms with Crippen molar-refractivity contribution in [3.05, 3.63) is 71.3 Å². The molecule has 2 aromatic rings. The molecule has 23 heavy (non-hydrogen) atoms. The lowest BCUT2D eigenvalue weighted by Crippen LogP contribution is -2.36. The van der Waals surface area contributed by atoms with E-state index in [0.717, 1.165) is 11.1 Å². The summed E-state index contributed by atoms with van der Waals surface area (Å²) in [5.41, 5.74) is 2.38. The number of pyridine rings is 1. The number of nitrogens with zero attached hydrogens (tertiary/aromatic N) is 1. The lowest BCUT2D eigenvalue weighted by molar-refractivity contribution is -0.117. The maximum absolute atomic E-state index is 12.9. The molecule has 0 bridgehead atoms. The van der Waals surface area contributed by atoms with Gasteiger partial charge in [0.25, 0.3) is 0 Å². The standard InChI is InChI=1S/C18H19FN2O2/c1-12-9-14(11-20-10-12)3-8-17(22)21-13(2)18(23)15-4-6-16(19)7-5-15/h3-11,13,18,23H,1-2H3,(H,21,22)/b8-3+. The zero-order valence-electron chi connectivity index (χ0n) is 13.0. The van der Waals surface area contributed by atoms with Gasteiger partial charge in [-0.2, -0.15) is 0 Å². The zero-order valence-corrected chi connectivity index (χ0v) is 13.0. The average Bonchev–Trinajstić information content (AvgIpc) is 2.53. The van der Waals surface area contributed by atoms with E-state index < -0.39 is 12.1 Å². The van der Waals surface area contributed by atoms with Crippen molar-refractivity contribution in [3.8, 4) is 0 Å². The minimum Gasteiger partial charge on any atom is -0.386 e. The van der Waals surface area contributed by atoms with Crippen molar-refractivity contribution in [2.75, 3.05) is 0 Å². The third kappa shape index (κ3) is 5.00. The Balaban J connectivity index is 1.95. The van der Waals surface area contributed by atoms with Crippen molar-refractivity contribution in [1.29, 1.82) is 0 Å². The third-order valence-electron chi connectivity index (χ3n) is 3.38. The summed E-state index contributed by atoms with van der Waals surface area (Å²) in [5.74, 6) is -0.687. The molecule has 2 atom stereocenters. The van der Waals surface area contributed by atoms with Crippen molar-refractivity contribution in [2.24, 2.45) is 0 Å². The number of carbonyl (C=O) groups is 1. The molecule has 2 rings (SSSR count). The van der Waals surface area contributed by atoms with Gasteiger partial charge in [0.1, 0.15) is 5.82 Å². The fourth-order valence-electron chi connectivity index (χ4n) is 2.14. The molecule has 1 heterocycles. The predicted octanol–water partition coefficient (Wildman–Crippen LogP) is 2.78. The molecule has 0 aliphatic heterocycles. The quantitative estimate of drug-likeness (QED) is 0.834. The highest BCUT2D eigenvalue weighted by Gasteiger charge is 2.17. The summed E-state index contributed by atoms with van der Waals surface area (Å²) in [5, 5.41) is 12.9. The highest BCUT2D eigenvalue weighted by molar-refractivity contribution is 5.91. The number of aryl methyl sites for hydroxylation is 1. The van der Waals surface area contributed by atoms with Crippen LogP contribution in [-0.2, 0) is 4.79 Å². The van der Waals surface area contributed by atoms with Crippen LogP contribution in [0.3, 0.4) is 0 Å². The number of rotatable bonds is 5. The van der Waals surface area contributed by atoms with Gasteiger partial charge in [-0.15, -0.1) is 0 Å². The molecular weight excluding hydrogens is 295 g/mol. The minimum atomic E-state index is -0.909. The van der Waals surface area contributed by atoms with Crippen molar-refractivity contribution < 1.29 is 14.3 Å². The van der Waals surface area contributed by atoms with Crippen molar-refractivity contribution in [3.63, 3.8) is 0 Å². The molecule has 1 aromatic carbocycles. The van der Waals surface area contributed by atoms with Crippen LogP contribution in [0.25, 0.3) is 6.08 Å². The molecule has 5 heteroatoms. The van der Waals surface area contributed by atoms with Gasteiger partial charge in [0.05, 0.1) is 12.1 Å². The van der Waals surface area contributed by atoms with Crippen molar-refractivity contribution in [1.82, 2.24) is 10.3 Å². The fourth-order valence-corrected chi connectivity index (χ4v) is 2.14. The predicted molar refractivity (Wildman–Crippen MR) is 87.0 cm³/mol. The van der Waals surface area contributed by atoms with Crippen molar-refractivity contribution in [2.45, 2.75) is 26.0 Å². The van der Waals surface area contributed by atoms with Crippen LogP contribution < -0.4 is 5.32 Å². The Kier molecular flexibility index (Phi) is 5.60. The normalized spacial score (nSPS) is 13.7. The second-order valence-electron chi connectivity index (χ2n) is 5.42. The molecule has 0 saturated carbocycles. The second-order valence-corrected chi connectivity index (χ2v) is 5.42.